The van der Waals surface area contributed by atoms with Gasteiger partial charge >= 0.3 is 0 Å². The maximum atomic E-state index is 12.5. The average molecular weight is 391 g/mol. The zero-order valence-corrected chi connectivity index (χ0v) is 16.2. The molecule has 2 N–H and O–H groups in total. The average Bonchev–Trinajstić information content (AvgIpc) is 2.72. The molecule has 1 amide bonds. The third-order valence-electron chi connectivity index (χ3n) is 4.36. The zero-order chi connectivity index (χ0) is 20.8. The Bertz CT molecular complexity index is 1080. The lowest BCUT2D eigenvalue weighted by Gasteiger charge is -2.09. The molecule has 3 aromatic rings. The highest BCUT2D eigenvalue weighted by Gasteiger charge is 2.14. The van der Waals surface area contributed by atoms with Crippen LogP contribution in [0, 0.1) is 6.92 Å². The molecule has 2 aromatic carbocycles. The maximum absolute atomic E-state index is 12.5. The molecule has 0 radical (unpaired) electrons. The number of anilines is 1. The minimum Gasteiger partial charge on any atom is -0.496 e. The molecular weight excluding hydrogens is 370 g/mol. The topological polar surface area (TPSA) is 101 Å². The van der Waals surface area contributed by atoms with E-state index in [1.807, 2.05) is 19.1 Å². The fourth-order valence-electron chi connectivity index (χ4n) is 2.89. The summed E-state index contributed by atoms with van der Waals surface area (Å²) in [5.74, 6) is 0.0885. The Morgan fingerprint density at radius 1 is 1.07 bits per heavy atom. The number of ketones is 1. The summed E-state index contributed by atoms with van der Waals surface area (Å²) >= 11 is 0. The van der Waals surface area contributed by atoms with Gasteiger partial charge in [0.25, 0.3) is 5.56 Å². The summed E-state index contributed by atoms with van der Waals surface area (Å²) in [5.41, 5.74) is 3.06. The van der Waals surface area contributed by atoms with Gasteiger partial charge in [0.2, 0.25) is 5.91 Å². The summed E-state index contributed by atoms with van der Waals surface area (Å²) in [6.45, 7) is 1.90. The van der Waals surface area contributed by atoms with Gasteiger partial charge in [-0.3, -0.25) is 14.4 Å². The number of methoxy groups -OCH3 is 1. The van der Waals surface area contributed by atoms with Crippen LogP contribution in [0.5, 0.6) is 5.75 Å². The van der Waals surface area contributed by atoms with Gasteiger partial charge in [0.15, 0.2) is 5.78 Å². The van der Waals surface area contributed by atoms with Crippen molar-refractivity contribution in [3.63, 3.8) is 0 Å². The molecule has 0 bridgehead atoms. The van der Waals surface area contributed by atoms with Crippen molar-refractivity contribution in [2.75, 3.05) is 12.4 Å². The zero-order valence-electron chi connectivity index (χ0n) is 16.2. The molecule has 29 heavy (non-hydrogen) atoms. The quantitative estimate of drug-likeness (QED) is 0.602. The minimum absolute atomic E-state index is 0.0526. The predicted molar refractivity (Wildman–Crippen MR) is 110 cm³/mol. The number of hydrogen-bond acceptors (Lipinski definition) is 5. The van der Waals surface area contributed by atoms with Crippen LogP contribution in [0.4, 0.5) is 5.69 Å². The number of ether oxygens (including phenoxy) is 1. The largest absolute Gasteiger partial charge is 0.496 e. The minimum atomic E-state index is -0.284. The molecule has 0 unspecified atom stereocenters. The van der Waals surface area contributed by atoms with Gasteiger partial charge in [0, 0.05) is 30.2 Å². The third-order valence-corrected chi connectivity index (χ3v) is 4.36. The smallest absolute Gasteiger partial charge is 0.264 e. The summed E-state index contributed by atoms with van der Waals surface area (Å²) in [5, 5.41) is 9.15. The number of aromatic nitrogens is 2. The van der Waals surface area contributed by atoms with E-state index in [1.54, 1.807) is 36.4 Å². The Morgan fingerprint density at radius 3 is 2.62 bits per heavy atom. The van der Waals surface area contributed by atoms with E-state index in [0.717, 1.165) is 11.1 Å². The van der Waals surface area contributed by atoms with Crippen molar-refractivity contribution in [3.05, 3.63) is 76.1 Å². The molecule has 0 aliphatic heterocycles. The number of nitrogens with one attached hydrogen (secondary N) is 2. The number of benzene rings is 2. The Labute approximate surface area is 167 Å². The van der Waals surface area contributed by atoms with Crippen LogP contribution >= 0.6 is 0 Å². The van der Waals surface area contributed by atoms with Gasteiger partial charge in [-0.1, -0.05) is 23.8 Å². The van der Waals surface area contributed by atoms with E-state index in [-0.39, 0.29) is 30.1 Å². The highest BCUT2D eigenvalue weighted by atomic mass is 16.5. The third kappa shape index (κ3) is 5.16. The normalized spacial score (nSPS) is 10.4. The second kappa shape index (κ2) is 8.97. The number of hydrogen-bond donors (Lipinski definition) is 2. The van der Waals surface area contributed by atoms with Gasteiger partial charge in [0.1, 0.15) is 5.75 Å². The maximum Gasteiger partial charge on any atom is 0.264 e. The molecule has 1 aromatic heterocycles. The van der Waals surface area contributed by atoms with Crippen molar-refractivity contribution in [2.45, 2.75) is 19.8 Å². The van der Waals surface area contributed by atoms with Gasteiger partial charge in [-0.15, -0.1) is 0 Å². The predicted octanol–water partition coefficient (Wildman–Crippen LogP) is 3.36. The second-order valence-corrected chi connectivity index (χ2v) is 6.56. The van der Waals surface area contributed by atoms with E-state index in [4.69, 9.17) is 4.74 Å². The molecule has 148 valence electrons. The van der Waals surface area contributed by atoms with Crippen LogP contribution < -0.4 is 15.6 Å². The highest BCUT2D eigenvalue weighted by Crippen LogP contribution is 2.22. The van der Waals surface area contributed by atoms with Crippen molar-refractivity contribution in [1.29, 1.82) is 0 Å². The van der Waals surface area contributed by atoms with Crippen molar-refractivity contribution >= 4 is 17.4 Å². The molecule has 0 fully saturated rings. The first-order valence-corrected chi connectivity index (χ1v) is 9.10. The standard InChI is InChI=1S/C22H21N3O4/c1-14-6-9-20(29-2)17(12-14)19(26)8-11-21(27)23-16-5-3-4-15(13-16)18-7-10-22(28)25-24-18/h3-7,9-10,12-13H,8,11H2,1-2H3,(H,23,27)(H,25,28). The van der Waals surface area contributed by atoms with Crippen LogP contribution in [0.2, 0.25) is 0 Å². The van der Waals surface area contributed by atoms with Gasteiger partial charge in [-0.05, 0) is 37.3 Å². The van der Waals surface area contributed by atoms with E-state index in [0.29, 0.717) is 22.7 Å². The number of aromatic amines is 1. The number of rotatable bonds is 7. The summed E-state index contributed by atoms with van der Waals surface area (Å²) in [4.78, 5) is 36.0. The summed E-state index contributed by atoms with van der Waals surface area (Å²) in [6, 6.07) is 15.5. The van der Waals surface area contributed by atoms with Gasteiger partial charge in [-0.2, -0.15) is 5.10 Å². The first kappa shape index (κ1) is 20.0. The summed E-state index contributed by atoms with van der Waals surface area (Å²) < 4.78 is 5.24. The first-order valence-electron chi connectivity index (χ1n) is 9.10. The number of nitrogens with zero attached hydrogens (tertiary/aromatic N) is 1. The molecule has 0 spiro atoms. The van der Waals surface area contributed by atoms with Crippen LogP contribution in [0.1, 0.15) is 28.8 Å². The lowest BCUT2D eigenvalue weighted by molar-refractivity contribution is -0.116. The van der Waals surface area contributed by atoms with Crippen LogP contribution in [0.25, 0.3) is 11.3 Å². The number of H-pyrrole nitrogens is 1. The Kier molecular flexibility index (Phi) is 6.19. The van der Waals surface area contributed by atoms with E-state index >= 15 is 0 Å². The lowest BCUT2D eigenvalue weighted by Crippen LogP contribution is -2.14. The Morgan fingerprint density at radius 2 is 1.90 bits per heavy atom. The van der Waals surface area contributed by atoms with E-state index in [2.05, 4.69) is 15.5 Å². The molecule has 0 saturated carbocycles. The van der Waals surface area contributed by atoms with Gasteiger partial charge in [-0.25, -0.2) is 5.10 Å². The fraction of sp³-hybridized carbons (Fsp3) is 0.182. The van der Waals surface area contributed by atoms with Crippen LogP contribution in [-0.4, -0.2) is 29.0 Å². The molecular formula is C22H21N3O4. The SMILES string of the molecule is COc1ccc(C)cc1C(=O)CCC(=O)Nc1cccc(-c2ccc(=O)[nH]n2)c1. The van der Waals surface area contributed by atoms with E-state index < -0.39 is 0 Å². The first-order chi connectivity index (χ1) is 14.0. The monoisotopic (exact) mass is 391 g/mol. The van der Waals surface area contributed by atoms with Crippen molar-refractivity contribution in [3.8, 4) is 17.0 Å². The fourth-order valence-corrected chi connectivity index (χ4v) is 2.89. The molecule has 0 atom stereocenters. The van der Waals surface area contributed by atoms with E-state index in [9.17, 15) is 14.4 Å². The van der Waals surface area contributed by atoms with Gasteiger partial charge < -0.3 is 10.1 Å². The summed E-state index contributed by atoms with van der Waals surface area (Å²) in [6.07, 6.45) is 0.129. The number of carbonyl (C=O) groups is 2. The Balaban J connectivity index is 1.63. The molecule has 7 nitrogen and oxygen atoms in total. The van der Waals surface area contributed by atoms with Crippen LogP contribution in [0.15, 0.2) is 59.4 Å². The molecule has 7 heteroatoms. The lowest BCUT2D eigenvalue weighted by atomic mass is 10.0. The molecule has 1 heterocycles. The number of carbonyl (C=O) groups excluding carboxylic acids is 2. The molecule has 3 rings (SSSR count). The van der Waals surface area contributed by atoms with E-state index in [1.165, 1.54) is 13.2 Å². The van der Waals surface area contributed by atoms with Crippen molar-refractivity contribution < 1.29 is 14.3 Å². The number of Topliss-reactive ketones (excluding diaryl/α,β-unsaturated/α-hetero) is 1. The Hall–Kier alpha value is -3.74. The molecule has 0 aliphatic rings. The molecule has 0 saturated heterocycles. The van der Waals surface area contributed by atoms with Crippen LogP contribution in [0.3, 0.4) is 0 Å². The number of amides is 1. The summed E-state index contributed by atoms with van der Waals surface area (Å²) in [7, 11) is 1.51. The van der Waals surface area contributed by atoms with Gasteiger partial charge in [0.05, 0.1) is 18.4 Å². The molecule has 0 aliphatic carbocycles. The van der Waals surface area contributed by atoms with Crippen molar-refractivity contribution in [2.24, 2.45) is 0 Å². The number of aryl methyl sites for hydroxylation is 1. The van der Waals surface area contributed by atoms with Crippen molar-refractivity contribution in [1.82, 2.24) is 10.2 Å². The second-order valence-electron chi connectivity index (χ2n) is 6.56. The highest BCUT2D eigenvalue weighted by molar-refractivity contribution is 6.02. The van der Waals surface area contributed by atoms with Crippen LogP contribution in [-0.2, 0) is 4.79 Å².